The molecule has 1 aromatic heterocycles. The third-order valence-electron chi connectivity index (χ3n) is 3.10. The molecule has 0 radical (unpaired) electrons. The van der Waals surface area contributed by atoms with Crippen LogP contribution >= 0.6 is 11.6 Å². The molecule has 0 saturated heterocycles. The maximum absolute atomic E-state index is 12.7. The lowest BCUT2D eigenvalue weighted by Crippen LogP contribution is -2.39. The van der Waals surface area contributed by atoms with Crippen molar-refractivity contribution in [1.82, 2.24) is 9.88 Å². The van der Waals surface area contributed by atoms with Crippen molar-refractivity contribution in [2.24, 2.45) is 5.92 Å². The fourth-order valence-electron chi connectivity index (χ4n) is 2.02. The Morgan fingerprint density at radius 3 is 2.25 bits per heavy atom. The van der Waals surface area contributed by atoms with Crippen molar-refractivity contribution >= 4 is 17.5 Å². The van der Waals surface area contributed by atoms with Crippen LogP contribution < -0.4 is 0 Å². The number of carbonyl (C=O) groups excluding carboxylic acids is 1. The highest BCUT2D eigenvalue weighted by molar-refractivity contribution is 6.29. The first kappa shape index (κ1) is 17.0. The first-order valence-electron chi connectivity index (χ1n) is 7.20. The molecule has 20 heavy (non-hydrogen) atoms. The maximum Gasteiger partial charge on any atom is 0.254 e. The van der Waals surface area contributed by atoms with E-state index in [1.165, 1.54) is 0 Å². The summed E-state index contributed by atoms with van der Waals surface area (Å²) in [6.07, 6.45) is 0. The average molecular weight is 297 g/mol. The Balaban J connectivity index is 3.11. The highest BCUT2D eigenvalue weighted by Gasteiger charge is 2.21. The van der Waals surface area contributed by atoms with E-state index in [9.17, 15) is 4.79 Å². The van der Waals surface area contributed by atoms with Crippen LogP contribution in [0.2, 0.25) is 5.15 Å². The van der Waals surface area contributed by atoms with Crippen LogP contribution in [0, 0.1) is 5.92 Å². The number of amides is 1. The van der Waals surface area contributed by atoms with Crippen LogP contribution in [0.15, 0.2) is 12.1 Å². The van der Waals surface area contributed by atoms with Gasteiger partial charge in [0.1, 0.15) is 5.15 Å². The van der Waals surface area contributed by atoms with Crippen LogP contribution in [0.5, 0.6) is 0 Å². The summed E-state index contributed by atoms with van der Waals surface area (Å²) in [4.78, 5) is 18.9. The third kappa shape index (κ3) is 4.48. The molecule has 1 amide bonds. The summed E-state index contributed by atoms with van der Waals surface area (Å²) < 4.78 is 0. The number of nitrogens with zero attached hydrogens (tertiary/aromatic N) is 2. The van der Waals surface area contributed by atoms with Crippen molar-refractivity contribution in [3.63, 3.8) is 0 Å². The lowest BCUT2D eigenvalue weighted by molar-refractivity contribution is 0.0681. The average Bonchev–Trinajstić information content (AvgIpc) is 2.33. The Kier molecular flexibility index (Phi) is 6.00. The molecule has 0 aliphatic carbocycles. The normalized spacial score (nSPS) is 11.5. The number of hydrogen-bond acceptors (Lipinski definition) is 2. The van der Waals surface area contributed by atoms with Crippen molar-refractivity contribution in [3.8, 4) is 0 Å². The number of hydrogen-bond donors (Lipinski definition) is 0. The Bertz CT molecular complexity index is 470. The van der Waals surface area contributed by atoms with Crippen molar-refractivity contribution in [2.75, 3.05) is 6.54 Å². The zero-order chi connectivity index (χ0) is 15.4. The zero-order valence-electron chi connectivity index (χ0n) is 13.3. The molecule has 0 aliphatic heterocycles. The van der Waals surface area contributed by atoms with Crippen LogP contribution in [0.3, 0.4) is 0 Å². The molecule has 1 aromatic rings. The van der Waals surface area contributed by atoms with Gasteiger partial charge in [-0.2, -0.15) is 0 Å². The van der Waals surface area contributed by atoms with E-state index in [1.54, 1.807) is 6.07 Å². The third-order valence-corrected chi connectivity index (χ3v) is 3.29. The van der Waals surface area contributed by atoms with Crippen molar-refractivity contribution in [2.45, 2.75) is 53.5 Å². The number of aromatic nitrogens is 1. The Morgan fingerprint density at radius 1 is 1.20 bits per heavy atom. The van der Waals surface area contributed by atoms with Gasteiger partial charge in [0.2, 0.25) is 0 Å². The zero-order valence-corrected chi connectivity index (χ0v) is 14.0. The van der Waals surface area contributed by atoms with Crippen LogP contribution in [0.4, 0.5) is 0 Å². The molecule has 1 rings (SSSR count). The number of pyridine rings is 1. The van der Waals surface area contributed by atoms with Gasteiger partial charge in [-0.3, -0.25) is 4.79 Å². The van der Waals surface area contributed by atoms with Crippen LogP contribution in [0.1, 0.15) is 63.5 Å². The SMILES string of the molecule is CC(C)CN(C(=O)c1cc(Cl)nc(C(C)C)c1)C(C)C. The molecule has 0 bridgehead atoms. The first-order chi connectivity index (χ1) is 9.22. The second-order valence-electron chi connectivity index (χ2n) is 6.20. The Labute approximate surface area is 127 Å². The summed E-state index contributed by atoms with van der Waals surface area (Å²) >= 11 is 6.05. The summed E-state index contributed by atoms with van der Waals surface area (Å²) in [5.74, 6) is 0.709. The van der Waals surface area contributed by atoms with Gasteiger partial charge >= 0.3 is 0 Å². The first-order valence-corrected chi connectivity index (χ1v) is 7.58. The summed E-state index contributed by atoms with van der Waals surface area (Å²) in [6.45, 7) is 13.1. The molecule has 0 atom stereocenters. The van der Waals surface area contributed by atoms with E-state index in [0.29, 0.717) is 16.6 Å². The summed E-state index contributed by atoms with van der Waals surface area (Å²) in [5.41, 5.74) is 1.48. The molecule has 0 fully saturated rings. The quantitative estimate of drug-likeness (QED) is 0.756. The predicted octanol–water partition coefficient (Wildman–Crippen LogP) is 4.37. The van der Waals surface area contributed by atoms with E-state index in [-0.39, 0.29) is 17.9 Å². The van der Waals surface area contributed by atoms with E-state index >= 15 is 0 Å². The Hall–Kier alpha value is -1.09. The van der Waals surface area contributed by atoms with Gasteiger partial charge in [-0.15, -0.1) is 0 Å². The molecule has 112 valence electrons. The van der Waals surface area contributed by atoms with E-state index in [0.717, 1.165) is 12.2 Å². The van der Waals surface area contributed by atoms with E-state index in [2.05, 4.69) is 18.8 Å². The van der Waals surface area contributed by atoms with Crippen LogP contribution in [-0.2, 0) is 0 Å². The number of halogens is 1. The molecule has 4 heteroatoms. The standard InChI is InChI=1S/C16H25ClN2O/c1-10(2)9-19(12(5)6)16(20)13-7-14(11(3)4)18-15(17)8-13/h7-8,10-12H,9H2,1-6H3. The molecule has 1 heterocycles. The lowest BCUT2D eigenvalue weighted by Gasteiger charge is -2.28. The lowest BCUT2D eigenvalue weighted by atomic mass is 10.1. The minimum absolute atomic E-state index is 0.0277. The van der Waals surface area contributed by atoms with Crippen LogP contribution in [-0.4, -0.2) is 28.4 Å². The molecule has 3 nitrogen and oxygen atoms in total. The second kappa shape index (κ2) is 7.07. The van der Waals surface area contributed by atoms with Crippen molar-refractivity contribution < 1.29 is 4.79 Å². The predicted molar refractivity (Wildman–Crippen MR) is 84.3 cm³/mol. The molecule has 0 aliphatic rings. The fraction of sp³-hybridized carbons (Fsp3) is 0.625. The highest BCUT2D eigenvalue weighted by atomic mass is 35.5. The molecule has 0 saturated carbocycles. The van der Waals surface area contributed by atoms with E-state index in [1.807, 2.05) is 38.7 Å². The maximum atomic E-state index is 12.7. The minimum atomic E-state index is 0.0277. The summed E-state index contributed by atoms with van der Waals surface area (Å²) in [6, 6.07) is 3.68. The van der Waals surface area contributed by atoms with Gasteiger partial charge in [-0.1, -0.05) is 39.3 Å². The highest BCUT2D eigenvalue weighted by Crippen LogP contribution is 2.20. The number of carbonyl (C=O) groups is 1. The van der Waals surface area contributed by atoms with Crippen LogP contribution in [0.25, 0.3) is 0 Å². The molecular weight excluding hydrogens is 272 g/mol. The van der Waals surface area contributed by atoms with Crippen molar-refractivity contribution in [1.29, 1.82) is 0 Å². The fourth-order valence-corrected chi connectivity index (χ4v) is 2.24. The molecule has 0 unspecified atom stereocenters. The van der Waals surface area contributed by atoms with Gasteiger partial charge in [0, 0.05) is 23.8 Å². The second-order valence-corrected chi connectivity index (χ2v) is 6.59. The van der Waals surface area contributed by atoms with E-state index < -0.39 is 0 Å². The largest absolute Gasteiger partial charge is 0.336 e. The Morgan fingerprint density at radius 2 is 1.80 bits per heavy atom. The molecular formula is C16H25ClN2O. The summed E-state index contributed by atoms with van der Waals surface area (Å²) in [7, 11) is 0. The minimum Gasteiger partial charge on any atom is -0.336 e. The topological polar surface area (TPSA) is 33.2 Å². The van der Waals surface area contributed by atoms with Gasteiger partial charge in [0.25, 0.3) is 5.91 Å². The number of rotatable bonds is 5. The monoisotopic (exact) mass is 296 g/mol. The van der Waals surface area contributed by atoms with Gasteiger partial charge in [-0.25, -0.2) is 4.98 Å². The van der Waals surface area contributed by atoms with E-state index in [4.69, 9.17) is 11.6 Å². The molecule has 0 N–H and O–H groups in total. The molecule has 0 aromatic carbocycles. The van der Waals surface area contributed by atoms with Crippen molar-refractivity contribution in [3.05, 3.63) is 28.5 Å². The molecule has 0 spiro atoms. The summed E-state index contributed by atoms with van der Waals surface area (Å²) in [5, 5.41) is 0.382. The van der Waals surface area contributed by atoms with Gasteiger partial charge < -0.3 is 4.90 Å². The van der Waals surface area contributed by atoms with Gasteiger partial charge in [0.05, 0.1) is 0 Å². The van der Waals surface area contributed by atoms with Gasteiger partial charge in [0.15, 0.2) is 0 Å². The smallest absolute Gasteiger partial charge is 0.254 e. The van der Waals surface area contributed by atoms with Gasteiger partial charge in [-0.05, 0) is 37.8 Å².